The topological polar surface area (TPSA) is 109 Å². The summed E-state index contributed by atoms with van der Waals surface area (Å²) in [5, 5.41) is 17.0. The summed E-state index contributed by atoms with van der Waals surface area (Å²) < 4.78 is 45.0. The van der Waals surface area contributed by atoms with E-state index in [9.17, 15) is 27.9 Å². The summed E-state index contributed by atoms with van der Waals surface area (Å²) >= 11 is 7.44. The Kier molecular flexibility index (Phi) is 6.06. The highest BCUT2D eigenvalue weighted by Gasteiger charge is 2.39. The first-order chi connectivity index (χ1) is 17.0. The maximum absolute atomic E-state index is 14.0. The zero-order chi connectivity index (χ0) is 25.9. The zero-order valence-electron chi connectivity index (χ0n) is 19.1. The van der Waals surface area contributed by atoms with Gasteiger partial charge in [-0.2, -0.15) is 18.2 Å². The average Bonchev–Trinajstić information content (AvgIpc) is 3.23. The first kappa shape index (κ1) is 24.7. The Balaban J connectivity index is 1.73. The smallest absolute Gasteiger partial charge is 0.417 e. The Labute approximate surface area is 211 Å². The molecule has 1 N–H and O–H groups in total. The summed E-state index contributed by atoms with van der Waals surface area (Å²) in [7, 11) is 0. The van der Waals surface area contributed by atoms with Crippen molar-refractivity contribution in [3.63, 3.8) is 0 Å². The number of piperazine rings is 1. The molecule has 0 spiro atoms. The second-order valence-corrected chi connectivity index (χ2v) is 10.3. The number of aromatic nitrogens is 5. The SMILES string of the molecule is C[C@@H]1CN(c2nc(=O)n3c4c(c(Cl)c(C(F)(F)F)cc24)SC[C@@H](n2ccnn2)C3)C[C@H](C)N1C(=O)O. The number of alkyl halides is 3. The summed E-state index contributed by atoms with van der Waals surface area (Å²) in [5.74, 6) is 0.389. The Morgan fingerprint density at radius 2 is 1.92 bits per heavy atom. The predicted molar refractivity (Wildman–Crippen MR) is 127 cm³/mol. The lowest BCUT2D eigenvalue weighted by molar-refractivity contribution is -0.137. The quantitative estimate of drug-likeness (QED) is 0.522. The van der Waals surface area contributed by atoms with E-state index >= 15 is 0 Å². The normalized spacial score (nSPS) is 22.7. The van der Waals surface area contributed by atoms with E-state index in [1.54, 1.807) is 29.6 Å². The molecular formula is C21H21ClF3N7O3S. The zero-order valence-corrected chi connectivity index (χ0v) is 20.7. The molecule has 192 valence electrons. The van der Waals surface area contributed by atoms with Gasteiger partial charge in [0, 0.05) is 30.4 Å². The Bertz CT molecular complexity index is 1390. The van der Waals surface area contributed by atoms with Gasteiger partial charge in [0.2, 0.25) is 0 Å². The number of nitrogens with zero attached hydrogens (tertiary/aromatic N) is 7. The molecule has 2 aliphatic rings. The minimum atomic E-state index is -4.74. The second-order valence-electron chi connectivity index (χ2n) is 8.93. The van der Waals surface area contributed by atoms with Crippen LogP contribution < -0.4 is 10.6 Å². The minimum absolute atomic E-state index is 0.0817. The van der Waals surface area contributed by atoms with E-state index in [0.717, 1.165) is 17.8 Å². The maximum atomic E-state index is 14.0. The van der Waals surface area contributed by atoms with Gasteiger partial charge in [0.25, 0.3) is 0 Å². The third-order valence-electron chi connectivity index (χ3n) is 6.51. The molecule has 3 atom stereocenters. The fourth-order valence-corrected chi connectivity index (χ4v) is 6.63. The van der Waals surface area contributed by atoms with Gasteiger partial charge in [0.15, 0.2) is 0 Å². The molecule has 0 saturated carbocycles. The van der Waals surface area contributed by atoms with Crippen LogP contribution in [0, 0.1) is 0 Å². The van der Waals surface area contributed by atoms with Crippen molar-refractivity contribution in [2.45, 2.75) is 49.6 Å². The molecule has 2 aliphatic heterocycles. The molecule has 15 heteroatoms. The van der Waals surface area contributed by atoms with Crippen LogP contribution in [-0.2, 0) is 12.7 Å². The molecule has 0 bridgehead atoms. The van der Waals surface area contributed by atoms with E-state index in [1.807, 2.05) is 0 Å². The lowest BCUT2D eigenvalue weighted by atomic mass is 10.1. The van der Waals surface area contributed by atoms with E-state index in [-0.39, 0.29) is 47.3 Å². The number of thioether (sulfide) groups is 1. The molecular weight excluding hydrogens is 523 g/mol. The average molecular weight is 544 g/mol. The first-order valence-corrected chi connectivity index (χ1v) is 12.4. The molecule has 5 rings (SSSR count). The number of anilines is 1. The van der Waals surface area contributed by atoms with Crippen molar-refractivity contribution in [3.8, 4) is 0 Å². The van der Waals surface area contributed by atoms with Gasteiger partial charge in [0.1, 0.15) is 5.82 Å². The van der Waals surface area contributed by atoms with E-state index in [4.69, 9.17) is 11.6 Å². The summed E-state index contributed by atoms with van der Waals surface area (Å²) in [6.07, 6.45) is -2.71. The van der Waals surface area contributed by atoms with Crippen molar-refractivity contribution in [1.82, 2.24) is 29.4 Å². The third-order valence-corrected chi connectivity index (χ3v) is 8.25. The lowest BCUT2D eigenvalue weighted by Crippen LogP contribution is -2.58. The highest BCUT2D eigenvalue weighted by molar-refractivity contribution is 7.99. The van der Waals surface area contributed by atoms with Crippen LogP contribution in [0.15, 0.2) is 28.2 Å². The maximum Gasteiger partial charge on any atom is 0.417 e. The molecule has 0 aliphatic carbocycles. The molecule has 2 aromatic heterocycles. The molecule has 1 fully saturated rings. The number of rotatable bonds is 2. The van der Waals surface area contributed by atoms with Crippen molar-refractivity contribution < 1.29 is 23.1 Å². The monoisotopic (exact) mass is 543 g/mol. The van der Waals surface area contributed by atoms with Crippen LogP contribution in [0.25, 0.3) is 10.9 Å². The van der Waals surface area contributed by atoms with Crippen LogP contribution in [0.3, 0.4) is 0 Å². The van der Waals surface area contributed by atoms with Crippen molar-refractivity contribution in [1.29, 1.82) is 0 Å². The summed E-state index contributed by atoms with van der Waals surface area (Å²) in [6.45, 7) is 3.85. The highest BCUT2D eigenvalue weighted by Crippen LogP contribution is 2.47. The minimum Gasteiger partial charge on any atom is -0.465 e. The largest absolute Gasteiger partial charge is 0.465 e. The first-order valence-electron chi connectivity index (χ1n) is 11.1. The number of carbonyl (C=O) groups is 1. The molecule has 4 heterocycles. The summed E-state index contributed by atoms with van der Waals surface area (Å²) in [6, 6.07) is -0.375. The van der Waals surface area contributed by atoms with Crippen LogP contribution >= 0.6 is 23.4 Å². The van der Waals surface area contributed by atoms with Crippen molar-refractivity contribution in [3.05, 3.63) is 39.5 Å². The number of benzene rings is 1. The molecule has 1 amide bonds. The lowest BCUT2D eigenvalue weighted by Gasteiger charge is -2.43. The van der Waals surface area contributed by atoms with Crippen LogP contribution in [0.2, 0.25) is 5.02 Å². The molecule has 10 nitrogen and oxygen atoms in total. The fourth-order valence-electron chi connectivity index (χ4n) is 5.01. The van der Waals surface area contributed by atoms with Gasteiger partial charge in [-0.15, -0.1) is 16.9 Å². The van der Waals surface area contributed by atoms with E-state index in [1.165, 1.54) is 15.7 Å². The van der Waals surface area contributed by atoms with Crippen LogP contribution in [-0.4, -0.2) is 71.6 Å². The Morgan fingerprint density at radius 1 is 1.22 bits per heavy atom. The van der Waals surface area contributed by atoms with Gasteiger partial charge < -0.3 is 10.0 Å². The molecule has 3 aromatic rings. The molecule has 1 aromatic carbocycles. The summed E-state index contributed by atoms with van der Waals surface area (Å²) in [5.41, 5.74) is -1.38. The number of hydrogen-bond donors (Lipinski definition) is 1. The van der Waals surface area contributed by atoms with Crippen molar-refractivity contribution in [2.75, 3.05) is 23.7 Å². The number of hydrogen-bond acceptors (Lipinski definition) is 7. The van der Waals surface area contributed by atoms with Gasteiger partial charge in [-0.3, -0.25) is 9.47 Å². The van der Waals surface area contributed by atoms with Gasteiger partial charge in [-0.25, -0.2) is 14.3 Å². The Hall–Kier alpha value is -3.00. The molecule has 0 unspecified atom stereocenters. The molecule has 0 radical (unpaired) electrons. The fraction of sp³-hybridized carbons (Fsp3) is 0.476. The molecule has 1 saturated heterocycles. The van der Waals surface area contributed by atoms with Crippen LogP contribution in [0.1, 0.15) is 25.5 Å². The summed E-state index contributed by atoms with van der Waals surface area (Å²) in [4.78, 5) is 32.3. The van der Waals surface area contributed by atoms with Crippen LogP contribution in [0.4, 0.5) is 23.8 Å². The second kappa shape index (κ2) is 8.83. The third kappa shape index (κ3) is 4.05. The number of halogens is 4. The van der Waals surface area contributed by atoms with E-state index in [0.29, 0.717) is 5.75 Å². The van der Waals surface area contributed by atoms with Crippen LogP contribution in [0.5, 0.6) is 0 Å². The number of amides is 1. The van der Waals surface area contributed by atoms with E-state index in [2.05, 4.69) is 15.3 Å². The van der Waals surface area contributed by atoms with Gasteiger partial charge >= 0.3 is 18.0 Å². The van der Waals surface area contributed by atoms with Gasteiger partial charge in [-0.05, 0) is 19.9 Å². The highest BCUT2D eigenvalue weighted by atomic mass is 35.5. The standard InChI is InChI=1S/C21H21ClF3N7O3S/c1-10-6-29(7-11(2)32(10)20(34)35)18-13-5-14(21(23,24)25)15(22)17-16(13)30(19(33)27-18)8-12(9-36-17)31-4-3-26-28-31/h3-5,10-12H,6-9H2,1-2H3,(H,34,35)/t10-,11+,12-/m0/s1. The van der Waals surface area contributed by atoms with Gasteiger partial charge in [-0.1, -0.05) is 16.8 Å². The number of carboxylic acid groups (broad SMARTS) is 1. The van der Waals surface area contributed by atoms with E-state index < -0.39 is 40.6 Å². The Morgan fingerprint density at radius 3 is 2.50 bits per heavy atom. The van der Waals surface area contributed by atoms with Crippen molar-refractivity contribution in [2.24, 2.45) is 0 Å². The van der Waals surface area contributed by atoms with Crippen molar-refractivity contribution >= 4 is 46.2 Å². The molecule has 36 heavy (non-hydrogen) atoms. The van der Waals surface area contributed by atoms with Gasteiger partial charge in [0.05, 0.1) is 51.9 Å². The predicted octanol–water partition coefficient (Wildman–Crippen LogP) is 3.58.